The van der Waals surface area contributed by atoms with E-state index in [4.69, 9.17) is 4.74 Å². The fourth-order valence-electron chi connectivity index (χ4n) is 6.48. The Morgan fingerprint density at radius 3 is 1.52 bits per heavy atom. The van der Waals surface area contributed by atoms with Crippen molar-refractivity contribution in [3.05, 3.63) is 118 Å². The number of hydrogen-bond donors (Lipinski definition) is 0. The molecule has 0 aliphatic carbocycles. The van der Waals surface area contributed by atoms with Crippen molar-refractivity contribution in [1.29, 1.82) is 0 Å². The predicted octanol–water partition coefficient (Wildman–Crippen LogP) is -6.99. The van der Waals surface area contributed by atoms with Gasteiger partial charge in [-0.25, -0.2) is 35.2 Å². The van der Waals surface area contributed by atoms with Crippen molar-refractivity contribution in [2.45, 2.75) is 39.4 Å². The first-order valence-corrected chi connectivity index (χ1v) is 22.0. The van der Waals surface area contributed by atoms with Gasteiger partial charge < -0.3 is 30.9 Å². The van der Waals surface area contributed by atoms with Crippen LogP contribution < -0.4 is 117 Å². The van der Waals surface area contributed by atoms with Crippen molar-refractivity contribution in [2.75, 3.05) is 0 Å². The number of fused-ring (bicyclic) bond motifs is 2. The smallest absolute Gasteiger partial charge is 0.716 e. The number of para-hydroxylation sites is 2. The summed E-state index contributed by atoms with van der Waals surface area (Å²) in [5, 5.41) is 8.71. The molecular formula is C37H28N7Na3O16S3. The van der Waals surface area contributed by atoms with Crippen molar-refractivity contribution >= 4 is 59.0 Å². The van der Waals surface area contributed by atoms with Crippen LogP contribution in [0.15, 0.2) is 101 Å². The Labute approximate surface area is 440 Å². The van der Waals surface area contributed by atoms with Gasteiger partial charge in [-0.05, 0) is 61.4 Å². The molecule has 0 aliphatic rings. The molecular weight excluding hydrogens is 964 g/mol. The molecule has 0 amide bonds. The van der Waals surface area contributed by atoms with Crippen LogP contribution in [-0.4, -0.2) is 79.0 Å². The summed E-state index contributed by atoms with van der Waals surface area (Å²) in [6, 6.07) is 18.7. The van der Waals surface area contributed by atoms with Crippen molar-refractivity contribution in [3.63, 3.8) is 0 Å². The Morgan fingerprint density at radius 1 is 0.606 bits per heavy atom. The Hall–Kier alpha value is -4.10. The van der Waals surface area contributed by atoms with Gasteiger partial charge in [-0.15, -0.1) is 5.10 Å². The summed E-state index contributed by atoms with van der Waals surface area (Å²) in [6.45, 7) is 1.08. The van der Waals surface area contributed by atoms with Gasteiger partial charge in [0.2, 0.25) is 0 Å². The van der Waals surface area contributed by atoms with E-state index in [1.54, 1.807) is 36.4 Å². The zero-order valence-corrected chi connectivity index (χ0v) is 43.5. The van der Waals surface area contributed by atoms with Gasteiger partial charge >= 0.3 is 94.6 Å². The van der Waals surface area contributed by atoms with E-state index in [-0.39, 0.29) is 159 Å². The second-order valence-corrected chi connectivity index (χ2v) is 16.3. The van der Waals surface area contributed by atoms with E-state index in [2.05, 4.69) is 32.8 Å². The average molecular weight is 992 g/mol. The van der Waals surface area contributed by atoms with Crippen molar-refractivity contribution in [3.8, 4) is 45.8 Å². The van der Waals surface area contributed by atoms with Gasteiger partial charge in [0.05, 0.1) is 34.5 Å². The van der Waals surface area contributed by atoms with Crippen LogP contribution in [0.1, 0.15) is 25.5 Å². The number of aromatic nitrogens is 7. The minimum atomic E-state index is -5.41. The molecule has 4 aromatic carbocycles. The second-order valence-electron chi connectivity index (χ2n) is 13.4. The summed E-state index contributed by atoms with van der Waals surface area (Å²) < 4.78 is 125. The Kier molecular flexibility index (Phi) is 18.4. The largest absolute Gasteiger partial charge is 1.00 e. The molecule has 0 spiro atoms. The number of carbonyl (C=O) groups excluding carboxylic acids is 1. The molecule has 23 nitrogen and oxygen atoms in total. The van der Waals surface area contributed by atoms with Crippen molar-refractivity contribution in [1.82, 2.24) is 34.1 Å². The first-order valence-electron chi connectivity index (χ1n) is 18.0. The van der Waals surface area contributed by atoms with E-state index in [1.807, 2.05) is 0 Å². The number of nitrogens with zero attached hydrogens (tertiary/aromatic N) is 7. The number of aryl methyl sites for hydroxylation is 1. The van der Waals surface area contributed by atoms with Gasteiger partial charge in [0.25, 0.3) is 42.3 Å². The van der Waals surface area contributed by atoms with Crippen molar-refractivity contribution < 1.29 is 150 Å². The summed E-state index contributed by atoms with van der Waals surface area (Å²) in [5.41, 5.74) is -0.506. The zero-order chi connectivity index (χ0) is 45.3. The number of benzene rings is 4. The molecule has 29 heteroatoms. The number of unbranched alkanes of at least 4 members (excludes halogenated alkanes) is 1. The molecule has 66 heavy (non-hydrogen) atoms. The number of esters is 1. The number of hydrogen-bond acceptors (Lipinski definition) is 20. The minimum Gasteiger partial charge on any atom is -0.716 e. The van der Waals surface area contributed by atoms with Crippen LogP contribution in [0.5, 0.6) is 23.0 Å². The molecule has 0 saturated carbocycles. The molecule has 0 radical (unpaired) electrons. The van der Waals surface area contributed by atoms with E-state index < -0.39 is 65.5 Å². The van der Waals surface area contributed by atoms with Gasteiger partial charge in [0.15, 0.2) is 0 Å². The van der Waals surface area contributed by atoms with Gasteiger partial charge in [-0.2, -0.15) is 0 Å². The number of ether oxygens (including phenoxy) is 1. The monoisotopic (exact) mass is 991 g/mol. The number of rotatable bonds is 16. The quantitative estimate of drug-likeness (QED) is 0.0217. The SMILES string of the molecule is CC(=O)Oc1cc(OS(=O)(=O)[O-])cc(-c2nc3ccccc3c(=O)n2CCCCn2cc(Cn3c(-c4cc(OS(=O)(=O)[O-])cc(OS(=O)(=O)[O-])c4)nc4ccccc4c3=O)nn2)c1.[Na+].[Na+].[Na+]. The summed E-state index contributed by atoms with van der Waals surface area (Å²) >= 11 is 0. The third kappa shape index (κ3) is 14.2. The molecule has 0 N–H and O–H groups in total. The summed E-state index contributed by atoms with van der Waals surface area (Å²) in [4.78, 5) is 48.6. The van der Waals surface area contributed by atoms with Crippen LogP contribution in [0.3, 0.4) is 0 Å². The van der Waals surface area contributed by atoms with E-state index in [0.29, 0.717) is 24.4 Å². The fourth-order valence-corrected chi connectivity index (χ4v) is 7.48. The summed E-state index contributed by atoms with van der Waals surface area (Å²) in [5.74, 6) is -3.11. The van der Waals surface area contributed by atoms with Gasteiger partial charge in [0.1, 0.15) is 40.3 Å². The maximum absolute atomic E-state index is 13.9. The van der Waals surface area contributed by atoms with Crippen LogP contribution in [0.25, 0.3) is 44.6 Å². The predicted molar refractivity (Wildman–Crippen MR) is 214 cm³/mol. The van der Waals surface area contributed by atoms with E-state index in [9.17, 15) is 53.3 Å². The van der Waals surface area contributed by atoms with Crippen LogP contribution >= 0.6 is 0 Å². The van der Waals surface area contributed by atoms with Crippen molar-refractivity contribution in [2.24, 2.45) is 0 Å². The van der Waals surface area contributed by atoms with Crippen LogP contribution in [0.2, 0.25) is 0 Å². The first-order chi connectivity index (χ1) is 29.7. The Balaban J connectivity index is 0.00000317. The minimum absolute atomic E-state index is 0. The molecule has 0 fully saturated rings. The average Bonchev–Trinajstić information content (AvgIpc) is 3.62. The molecule has 0 unspecified atom stereocenters. The Morgan fingerprint density at radius 2 is 1.03 bits per heavy atom. The number of carbonyl (C=O) groups is 1. The summed E-state index contributed by atoms with van der Waals surface area (Å²) in [6.07, 6.45) is 2.21. The van der Waals surface area contributed by atoms with Crippen LogP contribution in [-0.2, 0) is 55.6 Å². The van der Waals surface area contributed by atoms with Gasteiger partial charge in [0, 0.05) is 43.3 Å². The molecule has 0 bridgehead atoms. The molecule has 0 aliphatic heterocycles. The van der Waals surface area contributed by atoms with E-state index in [1.165, 1.54) is 33.6 Å². The fraction of sp³-hybridized carbons (Fsp3) is 0.162. The first kappa shape index (κ1) is 54.5. The normalized spacial score (nSPS) is 11.5. The topological polar surface area (TPSA) is 326 Å². The zero-order valence-electron chi connectivity index (χ0n) is 35.1. The standard InChI is InChI=1S/C37H31N7O16S3.3Na/c1-22(45)57-26-14-23(15-27(18-26)58-61(48,49)50)34-38-32-10-4-2-8-30(32)36(46)43(34)13-7-6-12-42-20-25(40-41-42)21-44-35(39-33-11-5-3-9-31(33)37(44)47)24-16-28(59-62(51,52)53)19-29(17-24)60-63(54,55)56;;;/h2-5,8-11,14-20H,6-7,12-13,21H2,1H3,(H,48,49,50)(H,51,52,53)(H,54,55,56);;;/q;3*+1/p-3. The maximum atomic E-state index is 13.9. The maximum Gasteiger partial charge on any atom is 1.00 e. The third-order valence-electron chi connectivity index (χ3n) is 8.78. The van der Waals surface area contributed by atoms with Gasteiger partial charge in [-0.3, -0.25) is 28.2 Å². The Bertz CT molecular complexity index is 3370. The van der Waals surface area contributed by atoms with Crippen LogP contribution in [0.4, 0.5) is 0 Å². The molecule has 3 aromatic heterocycles. The molecule has 7 rings (SSSR count). The van der Waals surface area contributed by atoms with Crippen LogP contribution in [0, 0.1) is 0 Å². The molecule has 328 valence electrons. The second kappa shape index (κ2) is 22.3. The van der Waals surface area contributed by atoms with E-state index >= 15 is 0 Å². The third-order valence-corrected chi connectivity index (χ3v) is 9.97. The summed E-state index contributed by atoms with van der Waals surface area (Å²) in [7, 11) is -16.1. The molecule has 0 atom stereocenters. The van der Waals surface area contributed by atoms with E-state index in [0.717, 1.165) is 35.8 Å². The molecule has 7 aromatic rings. The molecule has 3 heterocycles. The van der Waals surface area contributed by atoms with Gasteiger partial charge in [-0.1, -0.05) is 29.5 Å². The molecule has 0 saturated heterocycles.